The van der Waals surface area contributed by atoms with Crippen LogP contribution < -0.4 is 23.7 Å². The van der Waals surface area contributed by atoms with Crippen molar-refractivity contribution in [3.05, 3.63) is 121 Å². The predicted molar refractivity (Wildman–Crippen MR) is 157 cm³/mol. The van der Waals surface area contributed by atoms with E-state index in [4.69, 9.17) is 23.7 Å². The van der Waals surface area contributed by atoms with Crippen LogP contribution in [0.1, 0.15) is 0 Å². The summed E-state index contributed by atoms with van der Waals surface area (Å²) in [4.78, 5) is 0. The minimum absolute atomic E-state index is 0.0113. The maximum Gasteiger partial charge on any atom is 0.173 e. The SMILES string of the molecule is OC(COc1ccccc1)COc1cc(Oc2ccccc2)c(OCC(O)COc2ccccc2)c2ccccc12. The molecular weight excluding hydrogens is 520 g/mol. The zero-order valence-electron chi connectivity index (χ0n) is 22.5. The number of aliphatic hydroxyl groups is 2. The molecule has 5 aromatic rings. The fourth-order valence-electron chi connectivity index (χ4n) is 4.13. The molecule has 2 N–H and O–H groups in total. The maximum absolute atomic E-state index is 10.6. The molecule has 5 aromatic carbocycles. The van der Waals surface area contributed by atoms with Crippen LogP contribution in [0.4, 0.5) is 0 Å². The minimum atomic E-state index is -0.880. The second-order valence-electron chi connectivity index (χ2n) is 9.34. The molecule has 0 heterocycles. The first-order valence-electron chi connectivity index (χ1n) is 13.4. The summed E-state index contributed by atoms with van der Waals surface area (Å²) in [5, 5.41) is 22.6. The average Bonchev–Trinajstić information content (AvgIpc) is 3.02. The fourth-order valence-corrected chi connectivity index (χ4v) is 4.13. The number of ether oxygens (including phenoxy) is 5. The molecule has 0 aliphatic carbocycles. The quantitative estimate of drug-likeness (QED) is 0.168. The van der Waals surface area contributed by atoms with Gasteiger partial charge in [0.15, 0.2) is 11.5 Å². The Labute approximate surface area is 239 Å². The Morgan fingerprint density at radius 1 is 0.439 bits per heavy atom. The Bertz CT molecular complexity index is 1490. The molecule has 0 fully saturated rings. The molecule has 41 heavy (non-hydrogen) atoms. The lowest BCUT2D eigenvalue weighted by Crippen LogP contribution is -2.25. The van der Waals surface area contributed by atoms with Gasteiger partial charge in [0.05, 0.1) is 0 Å². The highest BCUT2D eigenvalue weighted by Gasteiger charge is 2.19. The summed E-state index contributed by atoms with van der Waals surface area (Å²) in [6.07, 6.45) is -1.74. The summed E-state index contributed by atoms with van der Waals surface area (Å²) in [5.41, 5.74) is 0. The number of hydrogen-bond acceptors (Lipinski definition) is 7. The first-order valence-corrected chi connectivity index (χ1v) is 13.4. The molecule has 7 heteroatoms. The molecule has 0 bridgehead atoms. The van der Waals surface area contributed by atoms with Crippen molar-refractivity contribution in [2.75, 3.05) is 26.4 Å². The molecule has 0 aliphatic rings. The van der Waals surface area contributed by atoms with E-state index in [1.54, 1.807) is 6.07 Å². The Morgan fingerprint density at radius 2 is 0.878 bits per heavy atom. The molecule has 210 valence electrons. The van der Waals surface area contributed by atoms with Crippen molar-refractivity contribution in [1.82, 2.24) is 0 Å². The topological polar surface area (TPSA) is 86.6 Å². The van der Waals surface area contributed by atoms with E-state index in [1.165, 1.54) is 0 Å². The second-order valence-corrected chi connectivity index (χ2v) is 9.34. The van der Waals surface area contributed by atoms with Crippen LogP contribution in [0.3, 0.4) is 0 Å². The van der Waals surface area contributed by atoms with Crippen molar-refractivity contribution < 1.29 is 33.9 Å². The molecule has 0 saturated carbocycles. The van der Waals surface area contributed by atoms with Crippen molar-refractivity contribution >= 4 is 10.8 Å². The van der Waals surface area contributed by atoms with E-state index < -0.39 is 12.2 Å². The summed E-state index contributed by atoms with van der Waals surface area (Å²) in [6, 6.07) is 37.3. The number of fused-ring (bicyclic) bond motifs is 1. The molecule has 5 rings (SSSR count). The molecule has 7 nitrogen and oxygen atoms in total. The zero-order chi connectivity index (χ0) is 28.3. The first-order chi connectivity index (χ1) is 20.2. The summed E-state index contributed by atoms with van der Waals surface area (Å²) < 4.78 is 29.8. The smallest absolute Gasteiger partial charge is 0.173 e. The predicted octanol–water partition coefficient (Wildman–Crippen LogP) is 6.27. The van der Waals surface area contributed by atoms with Crippen LogP contribution in [-0.2, 0) is 0 Å². The van der Waals surface area contributed by atoms with Crippen molar-refractivity contribution in [2.45, 2.75) is 12.2 Å². The van der Waals surface area contributed by atoms with E-state index in [-0.39, 0.29) is 26.4 Å². The molecule has 0 saturated heterocycles. The van der Waals surface area contributed by atoms with Crippen LogP contribution in [0.15, 0.2) is 121 Å². The van der Waals surface area contributed by atoms with Crippen molar-refractivity contribution in [3.63, 3.8) is 0 Å². The number of para-hydroxylation sites is 3. The van der Waals surface area contributed by atoms with Gasteiger partial charge in [-0.05, 0) is 36.4 Å². The average molecular weight is 553 g/mol. The van der Waals surface area contributed by atoms with Gasteiger partial charge in [-0.2, -0.15) is 0 Å². The van der Waals surface area contributed by atoms with Crippen LogP contribution >= 0.6 is 0 Å². The molecular formula is C34H32O7. The molecule has 0 spiro atoms. The van der Waals surface area contributed by atoms with Crippen LogP contribution in [0.5, 0.6) is 34.5 Å². The lowest BCUT2D eigenvalue weighted by molar-refractivity contribution is 0.0615. The van der Waals surface area contributed by atoms with E-state index in [1.807, 2.05) is 115 Å². The van der Waals surface area contributed by atoms with E-state index >= 15 is 0 Å². The molecule has 0 radical (unpaired) electrons. The zero-order valence-corrected chi connectivity index (χ0v) is 22.5. The van der Waals surface area contributed by atoms with Gasteiger partial charge in [0, 0.05) is 16.8 Å². The van der Waals surface area contributed by atoms with E-state index in [0.29, 0.717) is 34.5 Å². The monoisotopic (exact) mass is 552 g/mol. The maximum atomic E-state index is 10.6. The standard InChI is InChI=1S/C34H32O7/c35-25(21-37-27-12-4-1-5-13-27)23-39-32-20-33(41-29-16-8-3-9-17-29)34(31-19-11-10-18-30(31)32)40-24-26(36)22-38-28-14-6-2-7-15-28/h1-20,25-26,35-36H,21-24H2. The van der Waals surface area contributed by atoms with Crippen molar-refractivity contribution in [2.24, 2.45) is 0 Å². The van der Waals surface area contributed by atoms with Crippen molar-refractivity contribution in [1.29, 1.82) is 0 Å². The highest BCUT2D eigenvalue weighted by molar-refractivity contribution is 5.95. The van der Waals surface area contributed by atoms with Gasteiger partial charge >= 0.3 is 0 Å². The molecule has 0 aromatic heterocycles. The summed E-state index contributed by atoms with van der Waals surface area (Å²) >= 11 is 0. The van der Waals surface area contributed by atoms with Gasteiger partial charge in [-0.3, -0.25) is 0 Å². The van der Waals surface area contributed by atoms with Gasteiger partial charge in [-0.25, -0.2) is 0 Å². The molecule has 0 aliphatic heterocycles. The number of benzene rings is 5. The first kappa shape index (κ1) is 27.8. The summed E-state index contributed by atoms with van der Waals surface area (Å²) in [5.74, 6) is 3.35. The number of aliphatic hydroxyl groups excluding tert-OH is 2. The largest absolute Gasteiger partial charge is 0.491 e. The molecule has 2 atom stereocenters. The van der Waals surface area contributed by atoms with E-state index in [9.17, 15) is 10.2 Å². The molecule has 2 unspecified atom stereocenters. The van der Waals surface area contributed by atoms with Crippen LogP contribution in [0.2, 0.25) is 0 Å². The van der Waals surface area contributed by atoms with Gasteiger partial charge in [0.1, 0.15) is 61.6 Å². The highest BCUT2D eigenvalue weighted by Crippen LogP contribution is 2.43. The van der Waals surface area contributed by atoms with Gasteiger partial charge in [-0.1, -0.05) is 78.9 Å². The number of hydrogen-bond donors (Lipinski definition) is 2. The third kappa shape index (κ3) is 7.91. The Morgan fingerprint density at radius 3 is 1.44 bits per heavy atom. The third-order valence-corrected chi connectivity index (χ3v) is 6.12. The fraction of sp³-hybridized carbons (Fsp3) is 0.176. The minimum Gasteiger partial charge on any atom is -0.491 e. The van der Waals surface area contributed by atoms with E-state index in [0.717, 1.165) is 10.8 Å². The molecule has 0 amide bonds. The summed E-state index contributed by atoms with van der Waals surface area (Å²) in [6.45, 7) is 0.148. The third-order valence-electron chi connectivity index (χ3n) is 6.12. The highest BCUT2D eigenvalue weighted by atomic mass is 16.5. The van der Waals surface area contributed by atoms with Gasteiger partial charge in [0.25, 0.3) is 0 Å². The Balaban J connectivity index is 1.34. The van der Waals surface area contributed by atoms with Crippen LogP contribution in [0, 0.1) is 0 Å². The lowest BCUT2D eigenvalue weighted by Gasteiger charge is -2.20. The van der Waals surface area contributed by atoms with Crippen LogP contribution in [0.25, 0.3) is 10.8 Å². The van der Waals surface area contributed by atoms with Gasteiger partial charge in [-0.15, -0.1) is 0 Å². The Kier molecular flexibility index (Phi) is 9.55. The Hall–Kier alpha value is -4.72. The van der Waals surface area contributed by atoms with E-state index in [2.05, 4.69) is 0 Å². The van der Waals surface area contributed by atoms with Crippen molar-refractivity contribution in [3.8, 4) is 34.5 Å². The summed E-state index contributed by atoms with van der Waals surface area (Å²) in [7, 11) is 0. The number of rotatable bonds is 14. The normalized spacial score (nSPS) is 12.3. The lowest BCUT2D eigenvalue weighted by atomic mass is 10.1. The van der Waals surface area contributed by atoms with Gasteiger partial charge < -0.3 is 33.9 Å². The van der Waals surface area contributed by atoms with Gasteiger partial charge in [0.2, 0.25) is 0 Å². The van der Waals surface area contributed by atoms with Crippen LogP contribution in [-0.4, -0.2) is 48.8 Å². The second kappa shape index (κ2) is 14.1.